The number of aryl methyl sites for hydroxylation is 1. The molecule has 1 amide bonds. The van der Waals surface area contributed by atoms with Crippen molar-refractivity contribution in [1.82, 2.24) is 10.6 Å². The average molecular weight is 263 g/mol. The van der Waals surface area contributed by atoms with Crippen LogP contribution in [0.4, 0.5) is 5.69 Å². The largest absolute Gasteiger partial charge is 0.349 e. The molecule has 2 rings (SSSR count). The molecular weight excluding hydrogens is 246 g/mol. The molecule has 1 fully saturated rings. The van der Waals surface area contributed by atoms with E-state index in [1.54, 1.807) is 13.0 Å². The number of hydrogen-bond acceptors (Lipinski definition) is 4. The van der Waals surface area contributed by atoms with E-state index in [9.17, 15) is 14.9 Å². The Morgan fingerprint density at radius 1 is 1.53 bits per heavy atom. The van der Waals surface area contributed by atoms with Gasteiger partial charge in [-0.3, -0.25) is 14.9 Å². The van der Waals surface area contributed by atoms with Crippen molar-refractivity contribution in [1.29, 1.82) is 0 Å². The van der Waals surface area contributed by atoms with Gasteiger partial charge in [0.2, 0.25) is 5.91 Å². The number of nitrogens with one attached hydrogen (secondary N) is 2. The van der Waals surface area contributed by atoms with Crippen LogP contribution in [0.5, 0.6) is 0 Å². The quantitative estimate of drug-likeness (QED) is 0.633. The van der Waals surface area contributed by atoms with E-state index in [4.69, 9.17) is 0 Å². The van der Waals surface area contributed by atoms with E-state index in [0.29, 0.717) is 18.7 Å². The van der Waals surface area contributed by atoms with E-state index in [2.05, 4.69) is 10.6 Å². The molecule has 0 radical (unpaired) electrons. The number of carbonyl (C=O) groups excluding carboxylic acids is 1. The highest BCUT2D eigenvalue weighted by Gasteiger charge is 2.26. The predicted molar refractivity (Wildman–Crippen MR) is 70.8 cm³/mol. The Morgan fingerprint density at radius 2 is 2.21 bits per heavy atom. The second kappa shape index (κ2) is 5.36. The van der Waals surface area contributed by atoms with Gasteiger partial charge in [0.25, 0.3) is 5.69 Å². The zero-order chi connectivity index (χ0) is 14.0. The van der Waals surface area contributed by atoms with Crippen molar-refractivity contribution in [2.24, 2.45) is 5.92 Å². The Balaban J connectivity index is 2.10. The maximum Gasteiger partial charge on any atom is 0.272 e. The normalized spacial score (nSPS) is 16.5. The van der Waals surface area contributed by atoms with Gasteiger partial charge in [-0.25, -0.2) is 0 Å². The highest BCUT2D eigenvalue weighted by atomic mass is 16.6. The lowest BCUT2D eigenvalue weighted by Crippen LogP contribution is -2.51. The van der Waals surface area contributed by atoms with Crippen molar-refractivity contribution in [3.05, 3.63) is 39.4 Å². The summed E-state index contributed by atoms with van der Waals surface area (Å²) in [5, 5.41) is 16.8. The molecule has 0 saturated carbocycles. The van der Waals surface area contributed by atoms with E-state index in [1.807, 2.05) is 13.0 Å². The molecule has 0 bridgehead atoms. The van der Waals surface area contributed by atoms with Crippen LogP contribution in [0.2, 0.25) is 0 Å². The molecule has 1 aromatic rings. The number of rotatable bonds is 4. The summed E-state index contributed by atoms with van der Waals surface area (Å²) in [5.41, 5.74) is 1.46. The van der Waals surface area contributed by atoms with Crippen molar-refractivity contribution < 1.29 is 9.72 Å². The standard InChI is InChI=1S/C13H17N3O3/c1-8-3-4-10(5-12(8)16(18)19)9(2)15-13(17)11-6-14-7-11/h3-5,9,11,14H,6-7H2,1-2H3,(H,15,17). The average Bonchev–Trinajstić information content (AvgIpc) is 2.26. The Kier molecular flexibility index (Phi) is 3.80. The zero-order valence-electron chi connectivity index (χ0n) is 11.0. The third-order valence-electron chi connectivity index (χ3n) is 3.44. The summed E-state index contributed by atoms with van der Waals surface area (Å²) in [6.07, 6.45) is 0. The molecule has 1 aromatic carbocycles. The number of nitro benzene ring substituents is 1. The van der Waals surface area contributed by atoms with Crippen LogP contribution in [0.1, 0.15) is 24.1 Å². The number of nitro groups is 1. The highest BCUT2D eigenvalue weighted by Crippen LogP contribution is 2.23. The fourth-order valence-corrected chi connectivity index (χ4v) is 1.98. The summed E-state index contributed by atoms with van der Waals surface area (Å²) < 4.78 is 0. The lowest BCUT2D eigenvalue weighted by atomic mass is 10.0. The smallest absolute Gasteiger partial charge is 0.272 e. The maximum atomic E-state index is 11.8. The first-order valence-electron chi connectivity index (χ1n) is 6.25. The van der Waals surface area contributed by atoms with Crippen LogP contribution in [0.15, 0.2) is 18.2 Å². The van der Waals surface area contributed by atoms with E-state index in [0.717, 1.165) is 5.56 Å². The van der Waals surface area contributed by atoms with Crippen LogP contribution in [0.3, 0.4) is 0 Å². The van der Waals surface area contributed by atoms with Crippen LogP contribution >= 0.6 is 0 Å². The molecular formula is C13H17N3O3. The molecule has 102 valence electrons. The lowest BCUT2D eigenvalue weighted by Gasteiger charge is -2.27. The van der Waals surface area contributed by atoms with Gasteiger partial charge in [-0.2, -0.15) is 0 Å². The van der Waals surface area contributed by atoms with Crippen molar-refractivity contribution in [2.75, 3.05) is 13.1 Å². The Labute approximate surface area is 111 Å². The van der Waals surface area contributed by atoms with Gasteiger partial charge >= 0.3 is 0 Å². The van der Waals surface area contributed by atoms with E-state index < -0.39 is 4.92 Å². The van der Waals surface area contributed by atoms with Gasteiger partial charge in [-0.15, -0.1) is 0 Å². The van der Waals surface area contributed by atoms with Crippen LogP contribution < -0.4 is 10.6 Å². The Hall–Kier alpha value is -1.95. The first kappa shape index (κ1) is 13.5. The summed E-state index contributed by atoms with van der Waals surface area (Å²) in [6, 6.07) is 4.82. The summed E-state index contributed by atoms with van der Waals surface area (Å²) in [6.45, 7) is 4.93. The predicted octanol–water partition coefficient (Wildman–Crippen LogP) is 1.30. The minimum absolute atomic E-state index is 0.00511. The summed E-state index contributed by atoms with van der Waals surface area (Å²) >= 11 is 0. The molecule has 6 heteroatoms. The number of nitrogens with zero attached hydrogens (tertiary/aromatic N) is 1. The molecule has 1 heterocycles. The second-order valence-electron chi connectivity index (χ2n) is 4.89. The molecule has 1 atom stereocenters. The van der Waals surface area contributed by atoms with Gasteiger partial charge in [0.05, 0.1) is 16.9 Å². The minimum atomic E-state index is -0.400. The number of hydrogen-bond donors (Lipinski definition) is 2. The van der Waals surface area contributed by atoms with Gasteiger partial charge in [-0.1, -0.05) is 12.1 Å². The lowest BCUT2D eigenvalue weighted by molar-refractivity contribution is -0.385. The number of amides is 1. The minimum Gasteiger partial charge on any atom is -0.349 e. The molecule has 0 spiro atoms. The molecule has 1 saturated heterocycles. The van der Waals surface area contributed by atoms with Gasteiger partial charge in [0, 0.05) is 24.7 Å². The first-order chi connectivity index (χ1) is 8.99. The monoisotopic (exact) mass is 263 g/mol. The van der Waals surface area contributed by atoms with Gasteiger partial charge in [-0.05, 0) is 19.4 Å². The van der Waals surface area contributed by atoms with Crippen molar-refractivity contribution >= 4 is 11.6 Å². The summed E-state index contributed by atoms with van der Waals surface area (Å²) in [5.74, 6) is 0.0114. The molecule has 2 N–H and O–H groups in total. The van der Waals surface area contributed by atoms with Crippen molar-refractivity contribution in [2.45, 2.75) is 19.9 Å². The fourth-order valence-electron chi connectivity index (χ4n) is 1.98. The summed E-state index contributed by atoms with van der Waals surface area (Å²) in [4.78, 5) is 22.3. The second-order valence-corrected chi connectivity index (χ2v) is 4.89. The molecule has 1 aliphatic rings. The van der Waals surface area contributed by atoms with E-state index in [-0.39, 0.29) is 23.6 Å². The van der Waals surface area contributed by atoms with Crippen LogP contribution in [0.25, 0.3) is 0 Å². The Bertz CT molecular complexity index is 512. The third kappa shape index (κ3) is 2.90. The SMILES string of the molecule is Cc1ccc(C(C)NC(=O)C2CNC2)cc1[N+](=O)[O-]. The maximum absolute atomic E-state index is 11.8. The molecule has 1 aliphatic heterocycles. The molecule has 6 nitrogen and oxygen atoms in total. The molecule has 19 heavy (non-hydrogen) atoms. The molecule has 0 aromatic heterocycles. The van der Waals surface area contributed by atoms with E-state index >= 15 is 0 Å². The van der Waals surface area contributed by atoms with Crippen molar-refractivity contribution in [3.63, 3.8) is 0 Å². The Morgan fingerprint density at radius 3 is 2.74 bits per heavy atom. The number of benzene rings is 1. The summed E-state index contributed by atoms with van der Waals surface area (Å²) in [7, 11) is 0. The number of carbonyl (C=O) groups is 1. The van der Waals surface area contributed by atoms with Gasteiger partial charge in [0.1, 0.15) is 0 Å². The van der Waals surface area contributed by atoms with Crippen LogP contribution in [0, 0.1) is 23.0 Å². The van der Waals surface area contributed by atoms with Crippen LogP contribution in [-0.2, 0) is 4.79 Å². The first-order valence-corrected chi connectivity index (χ1v) is 6.25. The van der Waals surface area contributed by atoms with Crippen molar-refractivity contribution in [3.8, 4) is 0 Å². The van der Waals surface area contributed by atoms with Crippen LogP contribution in [-0.4, -0.2) is 23.9 Å². The zero-order valence-corrected chi connectivity index (χ0v) is 11.0. The topological polar surface area (TPSA) is 84.3 Å². The van der Waals surface area contributed by atoms with Gasteiger partial charge < -0.3 is 10.6 Å². The molecule has 1 unspecified atom stereocenters. The fraction of sp³-hybridized carbons (Fsp3) is 0.462. The third-order valence-corrected chi connectivity index (χ3v) is 3.44. The molecule has 0 aliphatic carbocycles. The van der Waals surface area contributed by atoms with E-state index in [1.165, 1.54) is 6.07 Å². The highest BCUT2D eigenvalue weighted by molar-refractivity contribution is 5.80. The van der Waals surface area contributed by atoms with Gasteiger partial charge in [0.15, 0.2) is 0 Å².